The third-order valence-electron chi connectivity index (χ3n) is 0.883. The maximum Gasteiger partial charge on any atom is 0.265 e. The van der Waals surface area contributed by atoms with Crippen LogP contribution in [-0.2, 0) is 10.1 Å². The first kappa shape index (κ1) is 10.5. The predicted octanol–water partition coefficient (Wildman–Crippen LogP) is 0.968. The molecule has 0 aliphatic carbocycles. The summed E-state index contributed by atoms with van der Waals surface area (Å²) in [7, 11) is -3.92. The molecule has 0 amide bonds. The van der Waals surface area contributed by atoms with Crippen molar-refractivity contribution in [2.24, 2.45) is 5.92 Å². The van der Waals surface area contributed by atoms with Crippen molar-refractivity contribution in [3.63, 3.8) is 0 Å². The number of rotatable bonds is 4. The fraction of sp³-hybridized carbons (Fsp3) is 1.00. The lowest BCUT2D eigenvalue weighted by Gasteiger charge is -2.05. The minimum Gasteiger partial charge on any atom is -0.286 e. The van der Waals surface area contributed by atoms with E-state index in [4.69, 9.17) is 27.8 Å². The number of alkyl halides is 2. The summed E-state index contributed by atoms with van der Waals surface area (Å²) in [6.07, 6.45) is 0. The van der Waals surface area contributed by atoms with Gasteiger partial charge < -0.3 is 0 Å². The summed E-state index contributed by atoms with van der Waals surface area (Å²) >= 11 is 10.6. The van der Waals surface area contributed by atoms with Crippen molar-refractivity contribution in [2.45, 2.75) is 0 Å². The molecule has 0 fully saturated rings. The summed E-state index contributed by atoms with van der Waals surface area (Å²) in [6.45, 7) is 0. The molecule has 0 saturated heterocycles. The second kappa shape index (κ2) is 4.38. The van der Waals surface area contributed by atoms with E-state index < -0.39 is 10.1 Å². The highest BCUT2D eigenvalue weighted by atomic mass is 35.5. The van der Waals surface area contributed by atoms with E-state index in [1.807, 2.05) is 0 Å². The van der Waals surface area contributed by atoms with E-state index in [1.54, 1.807) is 0 Å². The van der Waals surface area contributed by atoms with Crippen LogP contribution in [-0.4, -0.2) is 30.5 Å². The van der Waals surface area contributed by atoms with Crippen molar-refractivity contribution in [3.05, 3.63) is 0 Å². The third kappa shape index (κ3) is 5.29. The van der Waals surface area contributed by atoms with Crippen molar-refractivity contribution < 1.29 is 13.0 Å². The largest absolute Gasteiger partial charge is 0.286 e. The van der Waals surface area contributed by atoms with Crippen LogP contribution in [0.4, 0.5) is 0 Å². The molecule has 0 radical (unpaired) electrons. The Bertz CT molecular complexity index is 173. The Labute approximate surface area is 70.1 Å². The lowest BCUT2D eigenvalue weighted by molar-refractivity contribution is 0.474. The first-order valence-corrected chi connectivity index (χ1v) is 5.24. The molecule has 0 aromatic rings. The van der Waals surface area contributed by atoms with Crippen molar-refractivity contribution in [1.29, 1.82) is 0 Å². The van der Waals surface area contributed by atoms with Crippen LogP contribution >= 0.6 is 23.2 Å². The minimum atomic E-state index is -3.92. The van der Waals surface area contributed by atoms with Gasteiger partial charge in [-0.1, -0.05) is 0 Å². The highest BCUT2D eigenvalue weighted by Crippen LogP contribution is 2.05. The molecule has 0 atom stereocenters. The second-order valence-corrected chi connectivity index (χ2v) is 4.04. The molecular weight excluding hydrogens is 199 g/mol. The van der Waals surface area contributed by atoms with Crippen molar-refractivity contribution in [2.75, 3.05) is 17.5 Å². The molecule has 1 N–H and O–H groups in total. The molecule has 0 spiro atoms. The van der Waals surface area contributed by atoms with Gasteiger partial charge in [0.25, 0.3) is 10.1 Å². The van der Waals surface area contributed by atoms with Gasteiger partial charge in [0.15, 0.2) is 0 Å². The Balaban J connectivity index is 3.87. The molecule has 0 saturated carbocycles. The maximum atomic E-state index is 10.2. The van der Waals surface area contributed by atoms with Crippen molar-refractivity contribution >= 4 is 33.3 Å². The summed E-state index contributed by atoms with van der Waals surface area (Å²) in [5.41, 5.74) is 0. The summed E-state index contributed by atoms with van der Waals surface area (Å²) in [6, 6.07) is 0. The Kier molecular flexibility index (Phi) is 4.60. The zero-order chi connectivity index (χ0) is 8.20. The molecule has 10 heavy (non-hydrogen) atoms. The molecule has 62 valence electrons. The van der Waals surface area contributed by atoms with Gasteiger partial charge >= 0.3 is 0 Å². The summed E-state index contributed by atoms with van der Waals surface area (Å²) in [4.78, 5) is 0. The van der Waals surface area contributed by atoms with Gasteiger partial charge in [-0.3, -0.25) is 4.55 Å². The Morgan fingerprint density at radius 1 is 1.30 bits per heavy atom. The first-order chi connectivity index (χ1) is 4.49. The fourth-order valence-electron chi connectivity index (χ4n) is 0.428. The SMILES string of the molecule is O=S(=O)(O)CC(CCl)CCl. The zero-order valence-corrected chi connectivity index (χ0v) is 7.45. The molecule has 0 aliphatic rings. The van der Waals surface area contributed by atoms with Crippen LogP contribution in [0.5, 0.6) is 0 Å². The van der Waals surface area contributed by atoms with Crippen LogP contribution in [0.3, 0.4) is 0 Å². The van der Waals surface area contributed by atoms with E-state index in [0.717, 1.165) is 0 Å². The molecule has 0 aliphatic heterocycles. The van der Waals surface area contributed by atoms with E-state index in [9.17, 15) is 8.42 Å². The van der Waals surface area contributed by atoms with Gasteiger partial charge in [0.05, 0.1) is 5.75 Å². The average molecular weight is 207 g/mol. The standard InChI is InChI=1S/C4H8Cl2O3S/c5-1-4(2-6)3-10(7,8)9/h4H,1-3H2,(H,7,8,9). The van der Waals surface area contributed by atoms with E-state index in [0.29, 0.717) is 0 Å². The lowest BCUT2D eigenvalue weighted by atomic mass is 10.3. The molecule has 3 nitrogen and oxygen atoms in total. The monoisotopic (exact) mass is 206 g/mol. The topological polar surface area (TPSA) is 54.4 Å². The van der Waals surface area contributed by atoms with E-state index >= 15 is 0 Å². The second-order valence-electron chi connectivity index (χ2n) is 1.92. The molecule has 0 bridgehead atoms. The normalized spacial score (nSPS) is 12.4. The van der Waals surface area contributed by atoms with Crippen LogP contribution in [0.15, 0.2) is 0 Å². The van der Waals surface area contributed by atoms with Gasteiger partial charge in [-0.25, -0.2) is 0 Å². The van der Waals surface area contributed by atoms with E-state index in [-0.39, 0.29) is 23.4 Å². The quantitative estimate of drug-likeness (QED) is 0.551. The minimum absolute atomic E-state index is 0.142. The predicted molar refractivity (Wildman–Crippen MR) is 41.3 cm³/mol. The number of hydrogen-bond donors (Lipinski definition) is 1. The van der Waals surface area contributed by atoms with Gasteiger partial charge in [-0.15, -0.1) is 23.2 Å². The Hall–Kier alpha value is 0.490. The van der Waals surface area contributed by atoms with Gasteiger partial charge in [0.2, 0.25) is 0 Å². The number of hydrogen-bond acceptors (Lipinski definition) is 2. The van der Waals surface area contributed by atoms with Crippen LogP contribution in [0, 0.1) is 5.92 Å². The van der Waals surface area contributed by atoms with Crippen LogP contribution in [0.1, 0.15) is 0 Å². The molecule has 0 rings (SSSR count). The molecule has 0 aromatic carbocycles. The molecule has 0 aromatic heterocycles. The van der Waals surface area contributed by atoms with E-state index in [1.165, 1.54) is 0 Å². The highest BCUT2D eigenvalue weighted by Gasteiger charge is 2.14. The van der Waals surface area contributed by atoms with Crippen LogP contribution < -0.4 is 0 Å². The van der Waals surface area contributed by atoms with Gasteiger partial charge in [0.1, 0.15) is 0 Å². The summed E-state index contributed by atoms with van der Waals surface area (Å²) < 4.78 is 28.7. The first-order valence-electron chi connectivity index (χ1n) is 2.56. The smallest absolute Gasteiger partial charge is 0.265 e. The van der Waals surface area contributed by atoms with Gasteiger partial charge in [0, 0.05) is 17.7 Å². The fourth-order valence-corrected chi connectivity index (χ4v) is 2.07. The summed E-state index contributed by atoms with van der Waals surface area (Å²) in [5.74, 6) is -0.439. The average Bonchev–Trinajstić information content (AvgIpc) is 1.81. The Morgan fingerprint density at radius 2 is 1.70 bits per heavy atom. The van der Waals surface area contributed by atoms with Gasteiger partial charge in [-0.05, 0) is 0 Å². The summed E-state index contributed by atoms with van der Waals surface area (Å²) in [5, 5.41) is 0. The van der Waals surface area contributed by atoms with Gasteiger partial charge in [-0.2, -0.15) is 8.42 Å². The third-order valence-corrected chi connectivity index (χ3v) is 2.65. The van der Waals surface area contributed by atoms with Crippen LogP contribution in [0.25, 0.3) is 0 Å². The molecule has 6 heteroatoms. The lowest BCUT2D eigenvalue weighted by Crippen LogP contribution is -2.17. The molecular formula is C4H8Cl2O3S. The molecule has 0 heterocycles. The zero-order valence-electron chi connectivity index (χ0n) is 5.13. The Morgan fingerprint density at radius 3 is 1.80 bits per heavy atom. The molecule has 0 unspecified atom stereocenters. The van der Waals surface area contributed by atoms with Crippen molar-refractivity contribution in [3.8, 4) is 0 Å². The van der Waals surface area contributed by atoms with E-state index in [2.05, 4.69) is 0 Å². The number of halogens is 2. The highest BCUT2D eigenvalue weighted by molar-refractivity contribution is 7.85. The van der Waals surface area contributed by atoms with Crippen molar-refractivity contribution in [1.82, 2.24) is 0 Å². The maximum absolute atomic E-state index is 10.2. The van der Waals surface area contributed by atoms with Crippen LogP contribution in [0.2, 0.25) is 0 Å².